The maximum absolute atomic E-state index is 13.0. The molecule has 0 saturated heterocycles. The molecule has 0 spiro atoms. The molecule has 0 amide bonds. The molecule has 0 aliphatic heterocycles. The molecule has 0 bridgehead atoms. The first-order valence-electron chi connectivity index (χ1n) is 4.42. The molecule has 5 heteroatoms. The van der Waals surface area contributed by atoms with Crippen LogP contribution in [0.2, 0.25) is 0 Å². The summed E-state index contributed by atoms with van der Waals surface area (Å²) < 4.78 is 51.3. The maximum Gasteiger partial charge on any atom is 0.261 e. The Bertz CT molecular complexity index is 391. The van der Waals surface area contributed by atoms with Crippen LogP contribution in [-0.4, -0.2) is 17.6 Å². The van der Waals surface area contributed by atoms with Crippen molar-refractivity contribution in [2.24, 2.45) is 5.92 Å². The first kappa shape index (κ1) is 10.4. The SMILES string of the molecule is OC[C@H]1[C@H](c2ccc(F)c(F)c2)C1(F)F. The van der Waals surface area contributed by atoms with E-state index in [4.69, 9.17) is 5.11 Å². The normalized spacial score (nSPS) is 27.8. The largest absolute Gasteiger partial charge is 0.396 e. The molecule has 2 atom stereocenters. The van der Waals surface area contributed by atoms with Crippen molar-refractivity contribution < 1.29 is 22.7 Å². The lowest BCUT2D eigenvalue weighted by Gasteiger charge is -1.99. The molecule has 0 aromatic heterocycles. The summed E-state index contributed by atoms with van der Waals surface area (Å²) in [6.07, 6.45) is 0. The molecular weight excluding hydrogens is 212 g/mol. The van der Waals surface area contributed by atoms with Crippen LogP contribution in [0.3, 0.4) is 0 Å². The van der Waals surface area contributed by atoms with E-state index in [1.807, 2.05) is 0 Å². The summed E-state index contributed by atoms with van der Waals surface area (Å²) in [4.78, 5) is 0. The molecule has 1 aromatic rings. The van der Waals surface area contributed by atoms with E-state index in [1.165, 1.54) is 0 Å². The monoisotopic (exact) mass is 220 g/mol. The molecule has 1 aliphatic rings. The van der Waals surface area contributed by atoms with Crippen LogP contribution in [0.1, 0.15) is 11.5 Å². The van der Waals surface area contributed by atoms with Crippen molar-refractivity contribution in [3.63, 3.8) is 0 Å². The molecule has 1 nitrogen and oxygen atoms in total. The van der Waals surface area contributed by atoms with Gasteiger partial charge >= 0.3 is 0 Å². The standard InChI is InChI=1S/C10H8F4O/c11-7-2-1-5(3-8(7)12)9-6(4-15)10(9,13)14/h1-3,6,9,15H,4H2/t6-,9-/m0/s1. The summed E-state index contributed by atoms with van der Waals surface area (Å²) >= 11 is 0. The van der Waals surface area contributed by atoms with E-state index < -0.39 is 36.0 Å². The van der Waals surface area contributed by atoms with Gasteiger partial charge in [0.15, 0.2) is 11.6 Å². The van der Waals surface area contributed by atoms with Gasteiger partial charge in [-0.15, -0.1) is 0 Å². The van der Waals surface area contributed by atoms with E-state index in [2.05, 4.69) is 0 Å². The van der Waals surface area contributed by atoms with Gasteiger partial charge in [0.1, 0.15) is 0 Å². The fourth-order valence-corrected chi connectivity index (χ4v) is 1.78. The van der Waals surface area contributed by atoms with Gasteiger partial charge in [-0.1, -0.05) is 6.07 Å². The van der Waals surface area contributed by atoms with Crippen molar-refractivity contribution in [2.45, 2.75) is 11.8 Å². The third-order valence-corrected chi connectivity index (χ3v) is 2.70. The molecule has 1 aliphatic carbocycles. The van der Waals surface area contributed by atoms with Gasteiger partial charge in [0.25, 0.3) is 5.92 Å². The second kappa shape index (κ2) is 3.20. The van der Waals surface area contributed by atoms with E-state index in [0.717, 1.165) is 18.2 Å². The average molecular weight is 220 g/mol. The lowest BCUT2D eigenvalue weighted by atomic mass is 10.1. The average Bonchev–Trinajstić information content (AvgIpc) is 2.73. The van der Waals surface area contributed by atoms with Gasteiger partial charge < -0.3 is 5.11 Å². The van der Waals surface area contributed by atoms with Crippen molar-refractivity contribution >= 4 is 0 Å². The van der Waals surface area contributed by atoms with Crippen LogP contribution in [0.25, 0.3) is 0 Å². The topological polar surface area (TPSA) is 20.2 Å². The minimum Gasteiger partial charge on any atom is -0.396 e. The van der Waals surface area contributed by atoms with Gasteiger partial charge in [-0.05, 0) is 17.7 Å². The summed E-state index contributed by atoms with van der Waals surface area (Å²) in [7, 11) is 0. The zero-order valence-electron chi connectivity index (χ0n) is 7.55. The van der Waals surface area contributed by atoms with Gasteiger partial charge in [0.05, 0.1) is 18.4 Å². The highest BCUT2D eigenvalue weighted by atomic mass is 19.3. The minimum atomic E-state index is -3.01. The molecule has 15 heavy (non-hydrogen) atoms. The van der Waals surface area contributed by atoms with Gasteiger partial charge in [-0.3, -0.25) is 0 Å². The third-order valence-electron chi connectivity index (χ3n) is 2.70. The third kappa shape index (κ3) is 1.51. The Morgan fingerprint density at radius 2 is 1.87 bits per heavy atom. The Labute approximate surface area is 83.3 Å². The first-order chi connectivity index (χ1) is 6.98. The second-order valence-electron chi connectivity index (χ2n) is 3.61. The second-order valence-corrected chi connectivity index (χ2v) is 3.61. The number of hydrogen-bond donors (Lipinski definition) is 1. The minimum absolute atomic E-state index is 0.0259. The fraction of sp³-hybridized carbons (Fsp3) is 0.400. The zero-order valence-corrected chi connectivity index (χ0v) is 7.55. The lowest BCUT2D eigenvalue weighted by Crippen LogP contribution is -1.97. The van der Waals surface area contributed by atoms with Crippen LogP contribution in [-0.2, 0) is 0 Å². The van der Waals surface area contributed by atoms with Crippen molar-refractivity contribution in [3.8, 4) is 0 Å². The van der Waals surface area contributed by atoms with Crippen molar-refractivity contribution in [2.75, 3.05) is 6.61 Å². The predicted octanol–water partition coefficient (Wildman–Crippen LogP) is 2.31. The van der Waals surface area contributed by atoms with Gasteiger partial charge in [-0.2, -0.15) is 0 Å². The van der Waals surface area contributed by atoms with E-state index in [9.17, 15) is 17.6 Å². The molecule has 82 valence electrons. The smallest absolute Gasteiger partial charge is 0.261 e. The molecule has 0 heterocycles. The number of rotatable bonds is 2. The van der Waals surface area contributed by atoms with E-state index in [1.54, 1.807) is 0 Å². The molecule has 2 rings (SSSR count). The Hall–Kier alpha value is -1.10. The van der Waals surface area contributed by atoms with Gasteiger partial charge in [-0.25, -0.2) is 17.6 Å². The number of benzene rings is 1. The van der Waals surface area contributed by atoms with Crippen LogP contribution in [0, 0.1) is 17.6 Å². The van der Waals surface area contributed by atoms with Gasteiger partial charge in [0, 0.05) is 0 Å². The van der Waals surface area contributed by atoms with E-state index in [0.29, 0.717) is 0 Å². The van der Waals surface area contributed by atoms with Crippen molar-refractivity contribution in [1.29, 1.82) is 0 Å². The summed E-state index contributed by atoms with van der Waals surface area (Å²) in [5.41, 5.74) is 0.0259. The number of halogens is 4. The van der Waals surface area contributed by atoms with Crippen molar-refractivity contribution in [3.05, 3.63) is 35.4 Å². The highest BCUT2D eigenvalue weighted by Gasteiger charge is 2.68. The molecule has 1 aromatic carbocycles. The Morgan fingerprint density at radius 1 is 1.20 bits per heavy atom. The molecule has 1 saturated carbocycles. The summed E-state index contributed by atoms with van der Waals surface area (Å²) in [6.45, 7) is -0.656. The molecular formula is C10H8F4O. The van der Waals surface area contributed by atoms with Crippen LogP contribution < -0.4 is 0 Å². The van der Waals surface area contributed by atoms with Crippen LogP contribution in [0.5, 0.6) is 0 Å². The van der Waals surface area contributed by atoms with Crippen LogP contribution in [0.15, 0.2) is 18.2 Å². The highest BCUT2D eigenvalue weighted by molar-refractivity contribution is 5.33. The molecule has 0 radical (unpaired) electrons. The quantitative estimate of drug-likeness (QED) is 0.758. The number of aliphatic hydroxyl groups excluding tert-OH is 1. The number of alkyl halides is 2. The number of hydrogen-bond acceptors (Lipinski definition) is 1. The molecule has 1 N–H and O–H groups in total. The Kier molecular flexibility index (Phi) is 2.22. The van der Waals surface area contributed by atoms with Crippen molar-refractivity contribution in [1.82, 2.24) is 0 Å². The summed E-state index contributed by atoms with van der Waals surface area (Å²) in [5, 5.41) is 8.65. The zero-order chi connectivity index (χ0) is 11.2. The summed E-state index contributed by atoms with van der Waals surface area (Å²) in [6, 6.07) is 2.68. The highest BCUT2D eigenvalue weighted by Crippen LogP contribution is 2.61. The van der Waals surface area contributed by atoms with Crippen LogP contribution in [0.4, 0.5) is 17.6 Å². The first-order valence-corrected chi connectivity index (χ1v) is 4.42. The maximum atomic E-state index is 13.0. The number of aliphatic hydroxyl groups is 1. The Morgan fingerprint density at radius 3 is 2.33 bits per heavy atom. The van der Waals surface area contributed by atoms with E-state index in [-0.39, 0.29) is 5.56 Å². The fourth-order valence-electron chi connectivity index (χ4n) is 1.78. The Balaban J connectivity index is 2.29. The van der Waals surface area contributed by atoms with E-state index >= 15 is 0 Å². The van der Waals surface area contributed by atoms with Crippen LogP contribution >= 0.6 is 0 Å². The predicted molar refractivity (Wildman–Crippen MR) is 44.6 cm³/mol. The molecule has 1 fully saturated rings. The summed E-state index contributed by atoms with van der Waals surface area (Å²) in [5.74, 6) is -7.60. The van der Waals surface area contributed by atoms with Gasteiger partial charge in [0.2, 0.25) is 0 Å². The molecule has 0 unspecified atom stereocenters. The lowest BCUT2D eigenvalue weighted by molar-refractivity contribution is 0.0785.